The maximum Gasteiger partial charge on any atom is 0.338 e. The summed E-state index contributed by atoms with van der Waals surface area (Å²) in [5.41, 5.74) is 0.195. The van der Waals surface area contributed by atoms with Crippen molar-refractivity contribution in [1.29, 1.82) is 0 Å². The van der Waals surface area contributed by atoms with E-state index in [1.807, 2.05) is 0 Å². The molecular formula is C14H14F2O6. The van der Waals surface area contributed by atoms with Crippen LogP contribution in [-0.2, 0) is 19.0 Å². The molecule has 1 aliphatic heterocycles. The Morgan fingerprint density at radius 3 is 2.55 bits per heavy atom. The van der Waals surface area contributed by atoms with E-state index in [0.29, 0.717) is 0 Å². The molecule has 0 unspecified atom stereocenters. The standard InChI is InChI=1S/C14H14F2O6/c1-8(17)21-13-11(18)14(15,16)10(22-13)7-20-12(19)9-5-3-2-4-6-9/h2-6,10-11,13,18H,7H2,1H3/t10-,11+,13-/m0/s1. The van der Waals surface area contributed by atoms with E-state index >= 15 is 0 Å². The van der Waals surface area contributed by atoms with E-state index in [0.717, 1.165) is 6.92 Å². The fourth-order valence-corrected chi connectivity index (χ4v) is 1.91. The minimum Gasteiger partial charge on any atom is -0.459 e. The first-order valence-corrected chi connectivity index (χ1v) is 6.43. The third kappa shape index (κ3) is 3.40. The minimum atomic E-state index is -3.71. The second-order valence-electron chi connectivity index (χ2n) is 4.69. The summed E-state index contributed by atoms with van der Waals surface area (Å²) in [6.45, 7) is 0.215. The monoisotopic (exact) mass is 316 g/mol. The molecule has 6 nitrogen and oxygen atoms in total. The molecule has 1 saturated heterocycles. The highest BCUT2D eigenvalue weighted by Gasteiger charge is 2.60. The summed E-state index contributed by atoms with van der Waals surface area (Å²) in [7, 11) is 0. The van der Waals surface area contributed by atoms with Gasteiger partial charge in [0.05, 0.1) is 5.56 Å². The lowest BCUT2D eigenvalue weighted by molar-refractivity contribution is -0.187. The van der Waals surface area contributed by atoms with Crippen molar-refractivity contribution in [2.24, 2.45) is 0 Å². The molecule has 22 heavy (non-hydrogen) atoms. The van der Waals surface area contributed by atoms with E-state index in [9.17, 15) is 23.5 Å². The minimum absolute atomic E-state index is 0.195. The molecule has 0 aliphatic carbocycles. The van der Waals surface area contributed by atoms with Crippen LogP contribution in [0.4, 0.5) is 8.78 Å². The number of ether oxygens (including phenoxy) is 3. The maximum absolute atomic E-state index is 13.8. The van der Waals surface area contributed by atoms with E-state index in [1.165, 1.54) is 12.1 Å². The fraction of sp³-hybridized carbons (Fsp3) is 0.429. The predicted molar refractivity (Wildman–Crippen MR) is 68.1 cm³/mol. The highest BCUT2D eigenvalue weighted by molar-refractivity contribution is 5.89. The van der Waals surface area contributed by atoms with Gasteiger partial charge in [-0.3, -0.25) is 4.79 Å². The molecule has 0 radical (unpaired) electrons. The molecule has 1 fully saturated rings. The van der Waals surface area contributed by atoms with Crippen LogP contribution in [0.2, 0.25) is 0 Å². The Balaban J connectivity index is 1.97. The summed E-state index contributed by atoms with van der Waals surface area (Å²) < 4.78 is 41.6. The van der Waals surface area contributed by atoms with Crippen LogP contribution in [0.1, 0.15) is 17.3 Å². The highest BCUT2D eigenvalue weighted by atomic mass is 19.3. The number of alkyl halides is 2. The first-order valence-electron chi connectivity index (χ1n) is 6.43. The van der Waals surface area contributed by atoms with Crippen LogP contribution in [0.3, 0.4) is 0 Å². The van der Waals surface area contributed by atoms with Crippen molar-refractivity contribution in [3.8, 4) is 0 Å². The quantitative estimate of drug-likeness (QED) is 0.839. The summed E-state index contributed by atoms with van der Waals surface area (Å²) >= 11 is 0. The van der Waals surface area contributed by atoms with Crippen molar-refractivity contribution < 1.29 is 37.7 Å². The topological polar surface area (TPSA) is 82.1 Å². The number of aliphatic hydroxyl groups is 1. The first-order chi connectivity index (χ1) is 10.3. The SMILES string of the molecule is CC(=O)O[C@H]1O[C@@H](COC(=O)c2ccccc2)C(F)(F)[C@@H]1O. The van der Waals surface area contributed by atoms with Crippen molar-refractivity contribution >= 4 is 11.9 Å². The van der Waals surface area contributed by atoms with Gasteiger partial charge in [0.2, 0.25) is 6.29 Å². The predicted octanol–water partition coefficient (Wildman–Crippen LogP) is 1.13. The lowest BCUT2D eigenvalue weighted by Crippen LogP contribution is -2.42. The molecule has 1 N–H and O–H groups in total. The maximum atomic E-state index is 13.8. The number of carbonyl (C=O) groups is 2. The molecule has 0 saturated carbocycles. The van der Waals surface area contributed by atoms with E-state index in [-0.39, 0.29) is 5.56 Å². The number of aliphatic hydroxyl groups excluding tert-OH is 1. The molecule has 1 aliphatic rings. The van der Waals surface area contributed by atoms with E-state index < -0.39 is 43.0 Å². The summed E-state index contributed by atoms with van der Waals surface area (Å²) in [6, 6.07) is 7.81. The van der Waals surface area contributed by atoms with Gasteiger partial charge < -0.3 is 19.3 Å². The largest absolute Gasteiger partial charge is 0.459 e. The number of rotatable bonds is 4. The Labute approximate surface area is 124 Å². The van der Waals surface area contributed by atoms with Crippen molar-refractivity contribution in [1.82, 2.24) is 0 Å². The van der Waals surface area contributed by atoms with Gasteiger partial charge in [-0.15, -0.1) is 0 Å². The van der Waals surface area contributed by atoms with Crippen LogP contribution in [-0.4, -0.2) is 48.1 Å². The van der Waals surface area contributed by atoms with Gasteiger partial charge in [-0.1, -0.05) is 18.2 Å². The zero-order chi connectivity index (χ0) is 16.3. The zero-order valence-electron chi connectivity index (χ0n) is 11.6. The lowest BCUT2D eigenvalue weighted by Gasteiger charge is -2.18. The molecule has 120 valence electrons. The van der Waals surface area contributed by atoms with E-state index in [2.05, 4.69) is 4.74 Å². The third-order valence-electron chi connectivity index (χ3n) is 3.04. The van der Waals surface area contributed by atoms with E-state index in [4.69, 9.17) is 9.47 Å². The van der Waals surface area contributed by atoms with Gasteiger partial charge in [0, 0.05) is 6.92 Å². The molecule has 0 aromatic heterocycles. The Kier molecular flexibility index (Phi) is 4.72. The molecule has 1 heterocycles. The van der Waals surface area contributed by atoms with Gasteiger partial charge in [0.1, 0.15) is 6.61 Å². The molecule has 0 amide bonds. The molecule has 3 atom stereocenters. The second-order valence-corrected chi connectivity index (χ2v) is 4.69. The lowest BCUT2D eigenvalue weighted by atomic mass is 10.1. The van der Waals surface area contributed by atoms with Crippen molar-refractivity contribution in [3.63, 3.8) is 0 Å². The summed E-state index contributed by atoms with van der Waals surface area (Å²) in [4.78, 5) is 22.5. The summed E-state index contributed by atoms with van der Waals surface area (Å²) in [5.74, 6) is -5.39. The normalized spacial score (nSPS) is 26.5. The van der Waals surface area contributed by atoms with E-state index in [1.54, 1.807) is 18.2 Å². The zero-order valence-corrected chi connectivity index (χ0v) is 11.6. The van der Waals surface area contributed by atoms with Crippen molar-refractivity contribution in [2.75, 3.05) is 6.61 Å². The molecule has 0 bridgehead atoms. The number of carbonyl (C=O) groups excluding carboxylic acids is 2. The Hall–Kier alpha value is -2.06. The number of benzene rings is 1. The number of halogens is 2. The van der Waals surface area contributed by atoms with Crippen molar-refractivity contribution in [3.05, 3.63) is 35.9 Å². The number of hydrogen-bond donors (Lipinski definition) is 1. The van der Waals surface area contributed by atoms with Crippen LogP contribution in [0.5, 0.6) is 0 Å². The molecule has 8 heteroatoms. The van der Waals surface area contributed by atoms with Crippen LogP contribution in [0, 0.1) is 0 Å². The first kappa shape index (κ1) is 16.3. The summed E-state index contributed by atoms with van der Waals surface area (Å²) in [5, 5.41) is 9.43. The van der Waals surface area contributed by atoms with Gasteiger partial charge in [-0.25, -0.2) is 13.6 Å². The fourth-order valence-electron chi connectivity index (χ4n) is 1.91. The van der Waals surface area contributed by atoms with Gasteiger partial charge in [-0.2, -0.15) is 0 Å². The molecule has 2 rings (SSSR count). The van der Waals surface area contributed by atoms with Gasteiger partial charge in [-0.05, 0) is 12.1 Å². The van der Waals surface area contributed by atoms with Crippen LogP contribution >= 0.6 is 0 Å². The highest BCUT2D eigenvalue weighted by Crippen LogP contribution is 2.37. The van der Waals surface area contributed by atoms with Gasteiger partial charge >= 0.3 is 17.9 Å². The van der Waals surface area contributed by atoms with Gasteiger partial charge in [0.25, 0.3) is 0 Å². The van der Waals surface area contributed by atoms with Crippen LogP contribution in [0.25, 0.3) is 0 Å². The van der Waals surface area contributed by atoms with Crippen LogP contribution in [0.15, 0.2) is 30.3 Å². The smallest absolute Gasteiger partial charge is 0.338 e. The number of hydrogen-bond acceptors (Lipinski definition) is 6. The second kappa shape index (κ2) is 6.37. The summed E-state index contributed by atoms with van der Waals surface area (Å²) in [6.07, 6.45) is -6.02. The molecule has 0 spiro atoms. The van der Waals surface area contributed by atoms with Crippen molar-refractivity contribution in [2.45, 2.75) is 31.3 Å². The molecule has 1 aromatic carbocycles. The van der Waals surface area contributed by atoms with Gasteiger partial charge in [0.15, 0.2) is 12.2 Å². The Morgan fingerprint density at radius 2 is 1.95 bits per heavy atom. The van der Waals surface area contributed by atoms with Crippen LogP contribution < -0.4 is 0 Å². The Bertz CT molecular complexity index is 548. The molecular weight excluding hydrogens is 302 g/mol. The average molecular weight is 316 g/mol. The molecule has 1 aromatic rings. The third-order valence-corrected chi connectivity index (χ3v) is 3.04. The Morgan fingerprint density at radius 1 is 1.32 bits per heavy atom. The average Bonchev–Trinajstić information content (AvgIpc) is 2.68. The number of esters is 2.